The minimum atomic E-state index is -0.621. The maximum Gasteiger partial charge on any atom is 0.339 e. The Bertz CT molecular complexity index is 1350. The molecule has 2 aromatic heterocycles. The lowest BCUT2D eigenvalue weighted by molar-refractivity contribution is -0.124. The second kappa shape index (κ2) is 8.24. The number of aromatic nitrogens is 1. The van der Waals surface area contributed by atoms with E-state index in [2.05, 4.69) is 10.3 Å². The Morgan fingerprint density at radius 3 is 2.72 bits per heavy atom. The number of hydrogen-bond acceptors (Lipinski definition) is 6. The van der Waals surface area contributed by atoms with Gasteiger partial charge < -0.3 is 10.1 Å². The van der Waals surface area contributed by atoms with Crippen LogP contribution in [-0.4, -0.2) is 35.9 Å². The summed E-state index contributed by atoms with van der Waals surface area (Å²) in [4.78, 5) is 44.7. The van der Waals surface area contributed by atoms with E-state index in [1.807, 2.05) is 35.7 Å². The van der Waals surface area contributed by atoms with E-state index in [0.717, 1.165) is 4.88 Å². The summed E-state index contributed by atoms with van der Waals surface area (Å²) in [6.07, 6.45) is 0. The van der Waals surface area contributed by atoms with Crippen LogP contribution in [0.2, 0.25) is 0 Å². The van der Waals surface area contributed by atoms with E-state index in [-0.39, 0.29) is 12.5 Å². The first-order chi connectivity index (χ1) is 15.6. The molecule has 3 heterocycles. The van der Waals surface area contributed by atoms with Gasteiger partial charge in [-0.15, -0.1) is 11.3 Å². The van der Waals surface area contributed by atoms with Crippen LogP contribution in [-0.2, 0) is 14.3 Å². The number of carbonyl (C=O) groups excluding carboxylic acids is 3. The zero-order valence-corrected chi connectivity index (χ0v) is 17.6. The number of nitrogens with zero attached hydrogens (tertiary/aromatic N) is 2. The number of carbonyl (C=O) groups is 3. The van der Waals surface area contributed by atoms with Gasteiger partial charge in [0, 0.05) is 5.39 Å². The standard InChI is InChI=1S/C24H17N3O4S/c28-22-13-27(20-9-4-3-8-18(20)26-22)23(29)14-31-24(30)16-12-19(21-10-5-11-32-21)25-17-7-2-1-6-15(16)17/h1-12H,13-14H2,(H,26,28). The number of amides is 2. The molecule has 0 fully saturated rings. The average Bonchev–Trinajstić information content (AvgIpc) is 3.36. The quantitative estimate of drug-likeness (QED) is 0.480. The van der Waals surface area contributed by atoms with E-state index in [1.165, 1.54) is 16.2 Å². The van der Waals surface area contributed by atoms with Crippen molar-refractivity contribution < 1.29 is 19.1 Å². The highest BCUT2D eigenvalue weighted by Gasteiger charge is 2.27. The first kappa shape index (κ1) is 19.9. The Balaban J connectivity index is 1.40. The van der Waals surface area contributed by atoms with Crippen LogP contribution in [0.15, 0.2) is 72.1 Å². The Morgan fingerprint density at radius 2 is 1.88 bits per heavy atom. The molecule has 5 rings (SSSR count). The molecule has 0 unspecified atom stereocenters. The van der Waals surface area contributed by atoms with Crippen molar-refractivity contribution >= 4 is 51.4 Å². The lowest BCUT2D eigenvalue weighted by Crippen LogP contribution is -2.44. The van der Waals surface area contributed by atoms with Crippen molar-refractivity contribution in [2.75, 3.05) is 23.4 Å². The molecule has 0 radical (unpaired) electrons. The van der Waals surface area contributed by atoms with E-state index >= 15 is 0 Å². The third kappa shape index (κ3) is 3.72. The fourth-order valence-corrected chi connectivity index (χ4v) is 4.32. The van der Waals surface area contributed by atoms with Gasteiger partial charge in [-0.05, 0) is 35.7 Å². The van der Waals surface area contributed by atoms with Crippen LogP contribution in [0.5, 0.6) is 0 Å². The van der Waals surface area contributed by atoms with Gasteiger partial charge in [-0.25, -0.2) is 9.78 Å². The molecule has 32 heavy (non-hydrogen) atoms. The Labute approximate surface area is 187 Å². The fraction of sp³-hybridized carbons (Fsp3) is 0.0833. The van der Waals surface area contributed by atoms with Crippen LogP contribution in [0.3, 0.4) is 0 Å². The number of fused-ring (bicyclic) bond motifs is 2. The monoisotopic (exact) mass is 443 g/mol. The number of ether oxygens (including phenoxy) is 1. The lowest BCUT2D eigenvalue weighted by atomic mass is 10.1. The number of hydrogen-bond donors (Lipinski definition) is 1. The molecule has 0 aliphatic carbocycles. The van der Waals surface area contributed by atoms with E-state index in [0.29, 0.717) is 33.5 Å². The molecule has 7 nitrogen and oxygen atoms in total. The summed E-state index contributed by atoms with van der Waals surface area (Å²) < 4.78 is 5.39. The summed E-state index contributed by atoms with van der Waals surface area (Å²) in [5.41, 5.74) is 2.78. The highest BCUT2D eigenvalue weighted by atomic mass is 32.1. The van der Waals surface area contributed by atoms with Crippen molar-refractivity contribution in [1.29, 1.82) is 0 Å². The third-order valence-electron chi connectivity index (χ3n) is 5.11. The molecule has 2 aromatic carbocycles. The molecule has 1 aliphatic heterocycles. The van der Waals surface area contributed by atoms with Gasteiger partial charge in [0.15, 0.2) is 6.61 Å². The minimum Gasteiger partial charge on any atom is -0.452 e. The van der Waals surface area contributed by atoms with Crippen LogP contribution in [0.4, 0.5) is 11.4 Å². The van der Waals surface area contributed by atoms with E-state index in [4.69, 9.17) is 4.74 Å². The molecule has 1 N–H and O–H groups in total. The summed E-state index contributed by atoms with van der Waals surface area (Å²) in [7, 11) is 0. The second-order valence-electron chi connectivity index (χ2n) is 7.17. The van der Waals surface area contributed by atoms with Gasteiger partial charge in [0.25, 0.3) is 5.91 Å². The largest absolute Gasteiger partial charge is 0.452 e. The number of esters is 1. The van der Waals surface area contributed by atoms with Crippen molar-refractivity contribution in [3.63, 3.8) is 0 Å². The van der Waals surface area contributed by atoms with Gasteiger partial charge in [-0.3, -0.25) is 14.5 Å². The van der Waals surface area contributed by atoms with E-state index in [9.17, 15) is 14.4 Å². The molecular formula is C24H17N3O4S. The molecule has 0 saturated heterocycles. The molecule has 8 heteroatoms. The Morgan fingerprint density at radius 1 is 1.06 bits per heavy atom. The number of pyridine rings is 1. The average molecular weight is 443 g/mol. The lowest BCUT2D eigenvalue weighted by Gasteiger charge is -2.28. The molecular weight excluding hydrogens is 426 g/mol. The number of benzene rings is 2. The van der Waals surface area contributed by atoms with Gasteiger partial charge in [0.1, 0.15) is 6.54 Å². The molecule has 0 saturated carbocycles. The first-order valence-corrected chi connectivity index (χ1v) is 10.8. The number of thiophene rings is 1. The van der Waals surface area contributed by atoms with Crippen molar-refractivity contribution in [3.05, 3.63) is 77.7 Å². The third-order valence-corrected chi connectivity index (χ3v) is 6.00. The smallest absolute Gasteiger partial charge is 0.339 e. The SMILES string of the molecule is O=C1CN(C(=O)COC(=O)c2cc(-c3cccs3)nc3ccccc23)c2ccccc2N1. The van der Waals surface area contributed by atoms with E-state index < -0.39 is 18.5 Å². The summed E-state index contributed by atoms with van der Waals surface area (Å²) >= 11 is 1.52. The van der Waals surface area contributed by atoms with Gasteiger partial charge in [0.2, 0.25) is 5.91 Å². The van der Waals surface area contributed by atoms with E-state index in [1.54, 1.807) is 36.4 Å². The summed E-state index contributed by atoms with van der Waals surface area (Å²) in [5.74, 6) is -1.40. The highest BCUT2D eigenvalue weighted by molar-refractivity contribution is 7.13. The number of rotatable bonds is 4. The Kier molecular flexibility index (Phi) is 5.12. The van der Waals surface area contributed by atoms with Crippen molar-refractivity contribution in [2.24, 2.45) is 0 Å². The summed E-state index contributed by atoms with van der Waals surface area (Å²) in [6.45, 7) is -0.612. The number of para-hydroxylation sites is 3. The first-order valence-electron chi connectivity index (χ1n) is 9.90. The topological polar surface area (TPSA) is 88.6 Å². The summed E-state index contributed by atoms with van der Waals surface area (Å²) in [5, 5.41) is 5.31. The van der Waals surface area contributed by atoms with Gasteiger partial charge in [-0.1, -0.05) is 36.4 Å². The van der Waals surface area contributed by atoms with Crippen LogP contribution in [0.25, 0.3) is 21.5 Å². The van der Waals surface area contributed by atoms with Gasteiger partial charge in [0.05, 0.1) is 33.0 Å². The maximum absolute atomic E-state index is 13.0. The minimum absolute atomic E-state index is 0.131. The van der Waals surface area contributed by atoms with Crippen molar-refractivity contribution in [2.45, 2.75) is 0 Å². The zero-order valence-electron chi connectivity index (χ0n) is 16.8. The molecule has 2 amide bonds. The second-order valence-corrected chi connectivity index (χ2v) is 8.12. The normalized spacial score (nSPS) is 12.9. The molecule has 0 atom stereocenters. The molecule has 4 aromatic rings. The fourth-order valence-electron chi connectivity index (χ4n) is 3.63. The van der Waals surface area contributed by atoms with Crippen molar-refractivity contribution in [1.82, 2.24) is 4.98 Å². The van der Waals surface area contributed by atoms with Crippen LogP contribution >= 0.6 is 11.3 Å². The number of nitrogens with one attached hydrogen (secondary N) is 1. The van der Waals surface area contributed by atoms with Crippen molar-refractivity contribution in [3.8, 4) is 10.6 Å². The predicted molar refractivity (Wildman–Crippen MR) is 123 cm³/mol. The molecule has 1 aliphatic rings. The molecule has 158 valence electrons. The highest BCUT2D eigenvalue weighted by Crippen LogP contribution is 2.30. The van der Waals surface area contributed by atoms with Gasteiger partial charge in [-0.2, -0.15) is 0 Å². The van der Waals surface area contributed by atoms with Crippen LogP contribution in [0.1, 0.15) is 10.4 Å². The van der Waals surface area contributed by atoms with Gasteiger partial charge >= 0.3 is 5.97 Å². The van der Waals surface area contributed by atoms with Crippen LogP contribution in [0, 0.1) is 0 Å². The Hall–Kier alpha value is -4.04. The zero-order chi connectivity index (χ0) is 22.1. The molecule has 0 bridgehead atoms. The molecule has 0 spiro atoms. The number of anilines is 2. The maximum atomic E-state index is 13.0. The summed E-state index contributed by atoms with van der Waals surface area (Å²) in [6, 6.07) is 19.8. The predicted octanol–water partition coefficient (Wildman–Crippen LogP) is 4.11. The van der Waals surface area contributed by atoms with Crippen LogP contribution < -0.4 is 10.2 Å².